The summed E-state index contributed by atoms with van der Waals surface area (Å²) in [6, 6.07) is 16.3. The molecule has 4 rings (SSSR count). The molecule has 1 amide bonds. The maximum absolute atomic E-state index is 13.2. The third kappa shape index (κ3) is 7.01. The predicted octanol–water partition coefficient (Wildman–Crippen LogP) is 5.69. The number of amides is 1. The molecule has 0 radical (unpaired) electrons. The van der Waals surface area contributed by atoms with Gasteiger partial charge in [-0.2, -0.15) is 18.3 Å². The number of carbonyl (C=O) groups excluding carboxylic acids is 1. The molecule has 1 aromatic heterocycles. The zero-order chi connectivity index (χ0) is 26.6. The summed E-state index contributed by atoms with van der Waals surface area (Å²) < 4.78 is 41.5. The summed E-state index contributed by atoms with van der Waals surface area (Å²) in [6.07, 6.45) is -2.00. The van der Waals surface area contributed by atoms with E-state index in [-0.39, 0.29) is 11.5 Å². The number of alkyl halides is 3. The highest BCUT2D eigenvalue weighted by molar-refractivity contribution is 5.92. The normalized spacial score (nSPS) is 16.5. The largest absolute Gasteiger partial charge is 0.416 e. The zero-order valence-corrected chi connectivity index (χ0v) is 21.7. The fraction of sp³-hybridized carbons (Fsp3) is 0.448. The molecular weight excluding hydrogens is 477 g/mol. The topological polar surface area (TPSA) is 50.2 Å². The number of likely N-dealkylation sites (tertiary alicyclic amines) is 1. The Hall–Kier alpha value is -3.13. The molecule has 1 atom stereocenters. The Morgan fingerprint density at radius 1 is 1.14 bits per heavy atom. The lowest BCUT2D eigenvalue weighted by molar-refractivity contribution is -0.138. The van der Waals surface area contributed by atoms with Crippen molar-refractivity contribution in [1.82, 2.24) is 20.0 Å². The van der Waals surface area contributed by atoms with Crippen molar-refractivity contribution in [3.63, 3.8) is 0 Å². The van der Waals surface area contributed by atoms with Crippen molar-refractivity contribution in [3.8, 4) is 5.69 Å². The maximum Gasteiger partial charge on any atom is 0.416 e. The first kappa shape index (κ1) is 26.9. The molecule has 0 spiro atoms. The second-order valence-electron chi connectivity index (χ2n) is 10.4. The van der Waals surface area contributed by atoms with E-state index >= 15 is 0 Å². The molecule has 1 fully saturated rings. The number of carbonyl (C=O) groups is 1. The summed E-state index contributed by atoms with van der Waals surface area (Å²) in [4.78, 5) is 15.2. The molecule has 3 aromatic rings. The highest BCUT2D eigenvalue weighted by atomic mass is 19.4. The van der Waals surface area contributed by atoms with Gasteiger partial charge in [0.25, 0.3) is 5.91 Å². The summed E-state index contributed by atoms with van der Waals surface area (Å²) >= 11 is 0. The molecule has 1 aliphatic heterocycles. The quantitative estimate of drug-likeness (QED) is 0.401. The van der Waals surface area contributed by atoms with Crippen molar-refractivity contribution in [2.75, 3.05) is 26.2 Å². The minimum Gasteiger partial charge on any atom is -0.350 e. The van der Waals surface area contributed by atoms with Gasteiger partial charge < -0.3 is 10.2 Å². The van der Waals surface area contributed by atoms with Crippen molar-refractivity contribution in [2.45, 2.75) is 46.2 Å². The van der Waals surface area contributed by atoms with Gasteiger partial charge in [0.05, 0.1) is 11.3 Å². The average molecular weight is 513 g/mol. The van der Waals surface area contributed by atoms with Gasteiger partial charge in [-0.1, -0.05) is 44.2 Å². The fourth-order valence-electron chi connectivity index (χ4n) is 4.91. The van der Waals surface area contributed by atoms with Gasteiger partial charge in [-0.15, -0.1) is 0 Å². The summed E-state index contributed by atoms with van der Waals surface area (Å²) in [5.74, 6) is 0.552. The molecule has 8 heteroatoms. The van der Waals surface area contributed by atoms with Gasteiger partial charge in [0.15, 0.2) is 5.69 Å². The number of nitrogens with zero attached hydrogens (tertiary/aromatic N) is 3. The maximum atomic E-state index is 13.2. The summed E-state index contributed by atoms with van der Waals surface area (Å²) in [7, 11) is 0. The van der Waals surface area contributed by atoms with Crippen LogP contribution < -0.4 is 5.32 Å². The van der Waals surface area contributed by atoms with E-state index in [2.05, 4.69) is 29.2 Å². The molecule has 37 heavy (non-hydrogen) atoms. The number of hydrogen-bond donors (Lipinski definition) is 1. The van der Waals surface area contributed by atoms with E-state index < -0.39 is 11.7 Å². The first-order valence-electron chi connectivity index (χ1n) is 12.9. The lowest BCUT2D eigenvalue weighted by Gasteiger charge is -2.17. The summed E-state index contributed by atoms with van der Waals surface area (Å²) in [5.41, 5.74) is 2.73. The van der Waals surface area contributed by atoms with Gasteiger partial charge in [0, 0.05) is 25.3 Å². The number of halogens is 3. The van der Waals surface area contributed by atoms with E-state index in [1.165, 1.54) is 13.0 Å². The van der Waals surface area contributed by atoms with Crippen LogP contribution in [0.15, 0.2) is 54.6 Å². The number of aryl methyl sites for hydroxylation is 1. The van der Waals surface area contributed by atoms with Crippen LogP contribution in [0.3, 0.4) is 0 Å². The summed E-state index contributed by atoms with van der Waals surface area (Å²) in [5, 5.41) is 7.65. The first-order valence-corrected chi connectivity index (χ1v) is 12.9. The number of aromatic nitrogens is 2. The molecule has 1 saturated heterocycles. The Bertz CT molecular complexity index is 1200. The molecule has 0 aliphatic carbocycles. The van der Waals surface area contributed by atoms with E-state index in [0.717, 1.165) is 37.3 Å². The van der Waals surface area contributed by atoms with Crippen LogP contribution in [-0.2, 0) is 19.0 Å². The average Bonchev–Trinajstić information content (AvgIpc) is 3.48. The van der Waals surface area contributed by atoms with E-state index in [1.807, 2.05) is 41.1 Å². The van der Waals surface area contributed by atoms with Gasteiger partial charge in [0.2, 0.25) is 0 Å². The summed E-state index contributed by atoms with van der Waals surface area (Å²) in [6.45, 7) is 8.71. The lowest BCUT2D eigenvalue weighted by atomic mass is 10.0. The lowest BCUT2D eigenvalue weighted by Crippen LogP contribution is -2.31. The highest BCUT2D eigenvalue weighted by Crippen LogP contribution is 2.32. The molecule has 1 N–H and O–H groups in total. The van der Waals surface area contributed by atoms with E-state index in [0.29, 0.717) is 42.6 Å². The molecule has 0 bridgehead atoms. The SMILES string of the molecule is Cc1ccc(CCN2CC[C@H](CNC(=O)c3cc(CC(C)C)n(-c4ccccc4)n3)C2)cc1C(F)(F)F. The number of para-hydroxylation sites is 1. The Morgan fingerprint density at radius 3 is 2.59 bits per heavy atom. The van der Waals surface area contributed by atoms with Crippen LogP contribution in [0.5, 0.6) is 0 Å². The van der Waals surface area contributed by atoms with Crippen LogP contribution in [-0.4, -0.2) is 46.8 Å². The van der Waals surface area contributed by atoms with E-state index in [9.17, 15) is 18.0 Å². The number of nitrogens with one attached hydrogen (secondary N) is 1. The zero-order valence-electron chi connectivity index (χ0n) is 21.7. The van der Waals surface area contributed by atoms with Crippen molar-refractivity contribution in [3.05, 3.63) is 82.7 Å². The third-order valence-electron chi connectivity index (χ3n) is 6.88. The van der Waals surface area contributed by atoms with Crippen LogP contribution >= 0.6 is 0 Å². The van der Waals surface area contributed by atoms with Crippen molar-refractivity contribution < 1.29 is 18.0 Å². The second-order valence-corrected chi connectivity index (χ2v) is 10.4. The number of rotatable bonds is 9. The molecule has 198 valence electrons. The molecular formula is C29H35F3N4O. The smallest absolute Gasteiger partial charge is 0.350 e. The Kier molecular flexibility index (Phi) is 8.37. The fourth-order valence-corrected chi connectivity index (χ4v) is 4.91. The van der Waals surface area contributed by atoms with Gasteiger partial charge in [-0.05, 0) is 80.0 Å². The highest BCUT2D eigenvalue weighted by Gasteiger charge is 2.32. The van der Waals surface area contributed by atoms with Crippen molar-refractivity contribution in [2.24, 2.45) is 11.8 Å². The minimum absolute atomic E-state index is 0.183. The predicted molar refractivity (Wildman–Crippen MR) is 139 cm³/mol. The Labute approximate surface area is 216 Å². The monoisotopic (exact) mass is 512 g/mol. The third-order valence-corrected chi connectivity index (χ3v) is 6.88. The van der Waals surface area contributed by atoms with Crippen LogP contribution in [0.1, 0.15) is 53.1 Å². The van der Waals surface area contributed by atoms with Crippen molar-refractivity contribution in [1.29, 1.82) is 0 Å². The standard InChI is InChI=1S/C29H35F3N4O/c1-20(2)15-25-17-27(34-36(25)24-7-5-4-6-8-24)28(37)33-18-23-12-14-35(19-23)13-11-22-10-9-21(3)26(16-22)29(30,31)32/h4-10,16-17,20,23H,11-15,18-19H2,1-3H3,(H,33,37)/t23-/m1/s1. The number of hydrogen-bond acceptors (Lipinski definition) is 3. The molecule has 5 nitrogen and oxygen atoms in total. The minimum atomic E-state index is -4.33. The Morgan fingerprint density at radius 2 is 1.89 bits per heavy atom. The molecule has 1 aliphatic rings. The van der Waals surface area contributed by atoms with Crippen LogP contribution in [0.25, 0.3) is 5.69 Å². The molecule has 2 aromatic carbocycles. The number of benzene rings is 2. The first-order chi connectivity index (χ1) is 17.6. The van der Waals surface area contributed by atoms with Crippen molar-refractivity contribution >= 4 is 5.91 Å². The van der Waals surface area contributed by atoms with E-state index in [4.69, 9.17) is 0 Å². The van der Waals surface area contributed by atoms with Crippen LogP contribution in [0.4, 0.5) is 13.2 Å². The van der Waals surface area contributed by atoms with Crippen LogP contribution in [0, 0.1) is 18.8 Å². The second kappa shape index (κ2) is 11.5. The van der Waals surface area contributed by atoms with E-state index in [1.54, 1.807) is 12.1 Å². The van der Waals surface area contributed by atoms with Gasteiger partial charge >= 0.3 is 6.18 Å². The Balaban J connectivity index is 1.30. The van der Waals surface area contributed by atoms with Gasteiger partial charge in [-0.3, -0.25) is 4.79 Å². The van der Waals surface area contributed by atoms with Crippen LogP contribution in [0.2, 0.25) is 0 Å². The van der Waals surface area contributed by atoms with Gasteiger partial charge in [0.1, 0.15) is 0 Å². The molecule has 0 unspecified atom stereocenters. The van der Waals surface area contributed by atoms with Gasteiger partial charge in [-0.25, -0.2) is 4.68 Å². The molecule has 2 heterocycles. The molecule has 0 saturated carbocycles.